The van der Waals surface area contributed by atoms with Gasteiger partial charge in [-0.3, -0.25) is 14.7 Å². The van der Waals surface area contributed by atoms with Gasteiger partial charge in [0.1, 0.15) is 17.5 Å². The molecule has 1 aromatic carbocycles. The Morgan fingerprint density at radius 1 is 1.03 bits per heavy atom. The quantitative estimate of drug-likeness (QED) is 0.498. The second kappa shape index (κ2) is 9.09. The van der Waals surface area contributed by atoms with Crippen LogP contribution in [0.25, 0.3) is 11.1 Å². The fourth-order valence-electron chi connectivity index (χ4n) is 3.79. The predicted molar refractivity (Wildman–Crippen MR) is 119 cm³/mol. The molecule has 0 saturated carbocycles. The van der Waals surface area contributed by atoms with Crippen LogP contribution in [0.15, 0.2) is 42.9 Å². The number of amides is 1. The molecule has 1 saturated heterocycles. The maximum absolute atomic E-state index is 14.7. The van der Waals surface area contributed by atoms with Crippen LogP contribution >= 0.6 is 0 Å². The van der Waals surface area contributed by atoms with Gasteiger partial charge in [-0.1, -0.05) is 13.8 Å². The highest BCUT2D eigenvalue weighted by atomic mass is 19.3. The van der Waals surface area contributed by atoms with Gasteiger partial charge in [0, 0.05) is 35.6 Å². The number of rotatable bonds is 6. The number of carbonyl (C=O) groups is 1. The third-order valence-corrected chi connectivity index (χ3v) is 5.70. The van der Waals surface area contributed by atoms with Crippen LogP contribution in [0.1, 0.15) is 54.6 Å². The Balaban J connectivity index is 1.76. The molecular weight excluding hydrogens is 450 g/mol. The zero-order chi connectivity index (χ0) is 24.6. The van der Waals surface area contributed by atoms with Crippen molar-refractivity contribution in [2.45, 2.75) is 38.7 Å². The van der Waals surface area contributed by atoms with Gasteiger partial charge in [-0.25, -0.2) is 27.5 Å². The largest absolute Gasteiger partial charge is 0.320 e. The Kier molecular flexibility index (Phi) is 6.35. The lowest BCUT2D eigenvalue weighted by Gasteiger charge is -2.42. The molecular formula is C24H23F4N5O. The monoisotopic (exact) mass is 473 g/mol. The number of nitrogens with one attached hydrogen (secondary N) is 1. The summed E-state index contributed by atoms with van der Waals surface area (Å²) in [6, 6.07) is 3.79. The number of likely N-dealkylation sites (tertiary alicyclic amines) is 1. The number of alkyl halides is 2. The highest BCUT2D eigenvalue weighted by Crippen LogP contribution is 2.40. The van der Waals surface area contributed by atoms with Gasteiger partial charge in [0.25, 0.3) is 11.8 Å². The van der Waals surface area contributed by atoms with Crippen molar-refractivity contribution in [3.8, 4) is 11.1 Å². The normalized spacial score (nSPS) is 16.2. The molecule has 1 N–H and O–H groups in total. The number of aromatic nitrogens is 3. The van der Waals surface area contributed by atoms with Crippen molar-refractivity contribution in [2.24, 2.45) is 0 Å². The lowest BCUT2D eigenvalue weighted by molar-refractivity contribution is -0.144. The van der Waals surface area contributed by atoms with Gasteiger partial charge in [-0.05, 0) is 31.2 Å². The molecule has 2 aromatic heterocycles. The van der Waals surface area contributed by atoms with Crippen LogP contribution in [0.4, 0.5) is 23.2 Å². The Hall–Kier alpha value is -3.40. The molecule has 4 rings (SSSR count). The first-order valence-corrected chi connectivity index (χ1v) is 10.8. The summed E-state index contributed by atoms with van der Waals surface area (Å²) in [5.74, 6) is -4.14. The fourth-order valence-corrected chi connectivity index (χ4v) is 3.79. The summed E-state index contributed by atoms with van der Waals surface area (Å²) in [4.78, 5) is 27.2. The molecule has 10 heteroatoms. The van der Waals surface area contributed by atoms with Gasteiger partial charge < -0.3 is 5.32 Å². The molecule has 1 fully saturated rings. The van der Waals surface area contributed by atoms with Gasteiger partial charge in [-0.15, -0.1) is 0 Å². The summed E-state index contributed by atoms with van der Waals surface area (Å²) in [5.41, 5.74) is 0.589. The lowest BCUT2D eigenvalue weighted by atomic mass is 9.98. The molecule has 1 aliphatic rings. The molecule has 34 heavy (non-hydrogen) atoms. The van der Waals surface area contributed by atoms with Crippen LogP contribution in [-0.2, 0) is 0 Å². The number of anilines is 1. The Morgan fingerprint density at radius 3 is 2.32 bits per heavy atom. The van der Waals surface area contributed by atoms with Crippen LogP contribution in [0, 0.1) is 11.6 Å². The van der Waals surface area contributed by atoms with Crippen molar-refractivity contribution in [1.29, 1.82) is 0 Å². The number of hydrogen-bond acceptors (Lipinski definition) is 5. The molecule has 0 bridgehead atoms. The van der Waals surface area contributed by atoms with Crippen LogP contribution in [0.5, 0.6) is 0 Å². The number of benzene rings is 1. The SMILES string of the molecule is CC(C)c1ncc(C(=O)Nc2c(-c3cc(F)ccc3F)ccnc2C(C)N2CC(F)(F)C2)cn1. The topological polar surface area (TPSA) is 71.0 Å². The summed E-state index contributed by atoms with van der Waals surface area (Å²) in [6.07, 6.45) is 4.12. The maximum atomic E-state index is 14.7. The standard InChI is InChI=1S/C24H23F4N5O/c1-13(2)22-30-9-15(10-31-22)23(34)32-21-17(18-8-16(25)4-5-19(18)26)6-7-29-20(21)14(3)33-11-24(27,28)12-33/h4-10,13-14H,11-12H2,1-3H3,(H,32,34). The van der Waals surface area contributed by atoms with Crippen molar-refractivity contribution >= 4 is 11.6 Å². The first kappa shape index (κ1) is 23.7. The van der Waals surface area contributed by atoms with E-state index < -0.39 is 42.6 Å². The smallest absolute Gasteiger partial charge is 0.272 e. The van der Waals surface area contributed by atoms with E-state index in [2.05, 4.69) is 20.3 Å². The number of hydrogen-bond donors (Lipinski definition) is 1. The molecule has 0 aliphatic carbocycles. The summed E-state index contributed by atoms with van der Waals surface area (Å²) >= 11 is 0. The highest BCUT2D eigenvalue weighted by Gasteiger charge is 2.46. The van der Waals surface area contributed by atoms with E-state index in [1.807, 2.05) is 13.8 Å². The number of nitrogens with zero attached hydrogens (tertiary/aromatic N) is 4. The van der Waals surface area contributed by atoms with Crippen LogP contribution in [0.2, 0.25) is 0 Å². The zero-order valence-electron chi connectivity index (χ0n) is 18.8. The molecule has 1 unspecified atom stereocenters. The highest BCUT2D eigenvalue weighted by molar-refractivity contribution is 6.06. The van der Waals surface area contributed by atoms with E-state index in [0.29, 0.717) is 5.82 Å². The van der Waals surface area contributed by atoms with E-state index >= 15 is 0 Å². The Morgan fingerprint density at radius 2 is 1.71 bits per heavy atom. The summed E-state index contributed by atoms with van der Waals surface area (Å²) in [6.45, 7) is 4.56. The minimum Gasteiger partial charge on any atom is -0.320 e. The number of carbonyl (C=O) groups excluding carboxylic acids is 1. The van der Waals surface area contributed by atoms with Crippen molar-refractivity contribution < 1.29 is 22.4 Å². The third kappa shape index (κ3) is 4.77. The Bertz CT molecular complexity index is 1210. The average Bonchev–Trinajstić information content (AvgIpc) is 2.78. The average molecular weight is 473 g/mol. The molecule has 3 heterocycles. The maximum Gasteiger partial charge on any atom is 0.272 e. The van der Waals surface area contributed by atoms with Crippen molar-refractivity contribution in [3.63, 3.8) is 0 Å². The van der Waals surface area contributed by atoms with E-state index in [1.54, 1.807) is 6.92 Å². The van der Waals surface area contributed by atoms with E-state index in [0.717, 1.165) is 18.2 Å². The van der Waals surface area contributed by atoms with Gasteiger partial charge in [-0.2, -0.15) is 0 Å². The number of halogens is 4. The lowest BCUT2D eigenvalue weighted by Crippen LogP contribution is -2.56. The molecule has 1 amide bonds. The third-order valence-electron chi connectivity index (χ3n) is 5.70. The first-order chi connectivity index (χ1) is 16.1. The van der Waals surface area contributed by atoms with E-state index in [9.17, 15) is 22.4 Å². The Labute approximate surface area is 194 Å². The molecule has 178 valence electrons. The van der Waals surface area contributed by atoms with E-state index in [4.69, 9.17) is 0 Å². The number of pyridine rings is 1. The second-order valence-electron chi connectivity index (χ2n) is 8.62. The van der Waals surface area contributed by atoms with Crippen LogP contribution in [0.3, 0.4) is 0 Å². The minimum atomic E-state index is -2.81. The van der Waals surface area contributed by atoms with Gasteiger partial charge in [0.15, 0.2) is 0 Å². The van der Waals surface area contributed by atoms with Crippen molar-refractivity contribution in [2.75, 3.05) is 18.4 Å². The fraction of sp³-hybridized carbons (Fsp3) is 0.333. The van der Waals surface area contributed by atoms with E-state index in [1.165, 1.54) is 29.6 Å². The summed E-state index contributed by atoms with van der Waals surface area (Å²) < 4.78 is 55.6. The summed E-state index contributed by atoms with van der Waals surface area (Å²) in [7, 11) is 0. The van der Waals surface area contributed by atoms with Crippen molar-refractivity contribution in [3.05, 3.63) is 71.6 Å². The molecule has 0 radical (unpaired) electrons. The van der Waals surface area contributed by atoms with Gasteiger partial charge in [0.2, 0.25) is 0 Å². The van der Waals surface area contributed by atoms with Gasteiger partial charge in [0.05, 0.1) is 36.1 Å². The molecule has 3 aromatic rings. The first-order valence-electron chi connectivity index (χ1n) is 10.8. The molecule has 1 aliphatic heterocycles. The van der Waals surface area contributed by atoms with Crippen LogP contribution < -0.4 is 5.32 Å². The summed E-state index contributed by atoms with van der Waals surface area (Å²) in [5, 5.41) is 2.71. The van der Waals surface area contributed by atoms with E-state index in [-0.39, 0.29) is 34.0 Å². The molecule has 6 nitrogen and oxygen atoms in total. The molecule has 0 spiro atoms. The molecule has 1 atom stereocenters. The van der Waals surface area contributed by atoms with Crippen LogP contribution in [-0.4, -0.2) is 44.8 Å². The van der Waals surface area contributed by atoms with Gasteiger partial charge >= 0.3 is 0 Å². The zero-order valence-corrected chi connectivity index (χ0v) is 18.8. The van der Waals surface area contributed by atoms with Crippen molar-refractivity contribution in [1.82, 2.24) is 19.9 Å². The minimum absolute atomic E-state index is 0.0695. The predicted octanol–water partition coefficient (Wildman–Crippen LogP) is 5.20. The second-order valence-corrected chi connectivity index (χ2v) is 8.62.